The van der Waals surface area contributed by atoms with Gasteiger partial charge in [0.25, 0.3) is 0 Å². The number of nitrogens with one attached hydrogen (secondary N) is 1. The van der Waals surface area contributed by atoms with Crippen LogP contribution in [-0.2, 0) is 12.5 Å². The van der Waals surface area contributed by atoms with E-state index in [0.717, 1.165) is 22.4 Å². The first-order valence-electron chi connectivity index (χ1n) is 7.88. The predicted molar refractivity (Wildman–Crippen MR) is 92.7 cm³/mol. The maximum absolute atomic E-state index is 10.3. The molecule has 7 heteroatoms. The largest absolute Gasteiger partial charge is 0.387 e. The summed E-state index contributed by atoms with van der Waals surface area (Å²) >= 11 is 0. The fraction of sp³-hybridized carbons (Fsp3) is 0.412. The minimum absolute atomic E-state index is 0.184. The van der Waals surface area contributed by atoms with Crippen molar-refractivity contribution in [3.8, 4) is 0 Å². The summed E-state index contributed by atoms with van der Waals surface area (Å²) in [5, 5.41) is 18.7. The average molecular weight is 326 g/mol. The van der Waals surface area contributed by atoms with E-state index in [9.17, 15) is 5.11 Å². The van der Waals surface area contributed by atoms with Crippen molar-refractivity contribution < 1.29 is 5.11 Å². The number of aryl methyl sites for hydroxylation is 1. The molecule has 0 saturated heterocycles. The van der Waals surface area contributed by atoms with Crippen LogP contribution in [-0.4, -0.2) is 36.4 Å². The molecule has 1 atom stereocenters. The quantitative estimate of drug-likeness (QED) is 0.764. The first-order chi connectivity index (χ1) is 11.4. The lowest BCUT2D eigenvalue weighted by molar-refractivity contribution is 0.191. The van der Waals surface area contributed by atoms with Crippen LogP contribution in [0.25, 0.3) is 11.0 Å². The number of rotatable bonds is 4. The van der Waals surface area contributed by atoms with E-state index in [2.05, 4.69) is 46.1 Å². The molecule has 0 radical (unpaired) electrons. The van der Waals surface area contributed by atoms with Crippen molar-refractivity contribution in [2.24, 2.45) is 7.05 Å². The van der Waals surface area contributed by atoms with Crippen molar-refractivity contribution in [1.29, 1.82) is 0 Å². The van der Waals surface area contributed by atoms with Crippen molar-refractivity contribution >= 4 is 16.9 Å². The van der Waals surface area contributed by atoms with Crippen LogP contribution in [0.4, 0.5) is 5.82 Å². The molecule has 0 aliphatic rings. The van der Waals surface area contributed by atoms with Crippen LogP contribution in [0.5, 0.6) is 0 Å². The number of aliphatic hydroxyl groups excluding tert-OH is 1. The second kappa shape index (κ2) is 6.16. The smallest absolute Gasteiger partial charge is 0.163 e. The highest BCUT2D eigenvalue weighted by molar-refractivity contribution is 5.86. The Labute approximate surface area is 140 Å². The molecular weight excluding hydrogens is 304 g/mol. The fourth-order valence-electron chi connectivity index (χ4n) is 2.38. The van der Waals surface area contributed by atoms with E-state index in [-0.39, 0.29) is 5.41 Å². The SMILES string of the molecule is Cn1ncc2c(NC[C@@H](O)c3cccnc3)nc(C(C)(C)C)nc21. The molecule has 0 aromatic carbocycles. The maximum atomic E-state index is 10.3. The summed E-state index contributed by atoms with van der Waals surface area (Å²) in [6.45, 7) is 6.53. The van der Waals surface area contributed by atoms with Crippen LogP contribution in [0.1, 0.15) is 38.3 Å². The highest BCUT2D eigenvalue weighted by Crippen LogP contribution is 2.26. The lowest BCUT2D eigenvalue weighted by Crippen LogP contribution is -2.19. The Morgan fingerprint density at radius 3 is 2.71 bits per heavy atom. The van der Waals surface area contributed by atoms with Gasteiger partial charge in [-0.05, 0) is 6.07 Å². The first-order valence-corrected chi connectivity index (χ1v) is 7.88. The number of nitrogens with zero attached hydrogens (tertiary/aromatic N) is 5. The molecule has 3 aromatic rings. The van der Waals surface area contributed by atoms with Crippen LogP contribution >= 0.6 is 0 Å². The zero-order chi connectivity index (χ0) is 17.3. The maximum Gasteiger partial charge on any atom is 0.163 e. The molecular formula is C17H22N6O. The van der Waals surface area contributed by atoms with Crippen molar-refractivity contribution in [3.63, 3.8) is 0 Å². The van der Waals surface area contributed by atoms with E-state index in [1.807, 2.05) is 13.1 Å². The number of fused-ring (bicyclic) bond motifs is 1. The minimum Gasteiger partial charge on any atom is -0.387 e. The van der Waals surface area contributed by atoms with Crippen molar-refractivity contribution in [1.82, 2.24) is 24.7 Å². The van der Waals surface area contributed by atoms with Gasteiger partial charge in [-0.25, -0.2) is 9.97 Å². The van der Waals surface area contributed by atoms with E-state index in [1.165, 1.54) is 0 Å². The molecule has 3 heterocycles. The Morgan fingerprint density at radius 1 is 1.25 bits per heavy atom. The third kappa shape index (κ3) is 3.21. The third-order valence-electron chi connectivity index (χ3n) is 3.79. The van der Waals surface area contributed by atoms with Crippen molar-refractivity contribution in [2.75, 3.05) is 11.9 Å². The molecule has 0 unspecified atom stereocenters. The Hall–Kier alpha value is -2.54. The molecule has 3 rings (SSSR count). The van der Waals surface area contributed by atoms with Crippen LogP contribution in [0.3, 0.4) is 0 Å². The molecule has 126 valence electrons. The van der Waals surface area contributed by atoms with Crippen LogP contribution in [0, 0.1) is 0 Å². The number of anilines is 1. The number of hydrogen-bond donors (Lipinski definition) is 2. The number of aliphatic hydroxyl groups is 1. The summed E-state index contributed by atoms with van der Waals surface area (Å²) in [4.78, 5) is 13.3. The van der Waals surface area contributed by atoms with E-state index in [0.29, 0.717) is 12.4 Å². The summed E-state index contributed by atoms with van der Waals surface area (Å²) in [7, 11) is 1.86. The molecule has 0 fully saturated rings. The highest BCUT2D eigenvalue weighted by Gasteiger charge is 2.21. The molecule has 7 nitrogen and oxygen atoms in total. The lowest BCUT2D eigenvalue weighted by atomic mass is 9.95. The molecule has 0 saturated carbocycles. The zero-order valence-corrected chi connectivity index (χ0v) is 14.4. The molecule has 0 bridgehead atoms. The van der Waals surface area contributed by atoms with Gasteiger partial charge in [-0.2, -0.15) is 5.10 Å². The van der Waals surface area contributed by atoms with Crippen LogP contribution in [0.2, 0.25) is 0 Å². The van der Waals surface area contributed by atoms with E-state index >= 15 is 0 Å². The predicted octanol–water partition coefficient (Wildman–Crippen LogP) is 2.20. The zero-order valence-electron chi connectivity index (χ0n) is 14.4. The van der Waals surface area contributed by atoms with Gasteiger partial charge >= 0.3 is 0 Å². The standard InChI is InChI=1S/C17H22N6O/c1-17(2,3)16-21-14(12-9-20-23(4)15(12)22-16)19-10-13(24)11-6-5-7-18-8-11/h5-9,13,24H,10H2,1-4H3,(H,19,21,22)/t13-/m1/s1. The molecule has 0 aliphatic carbocycles. The van der Waals surface area contributed by atoms with Gasteiger partial charge in [0, 0.05) is 37.0 Å². The number of aromatic nitrogens is 5. The van der Waals surface area contributed by atoms with E-state index in [4.69, 9.17) is 0 Å². The van der Waals surface area contributed by atoms with Gasteiger partial charge in [0.15, 0.2) is 5.65 Å². The molecule has 24 heavy (non-hydrogen) atoms. The third-order valence-corrected chi connectivity index (χ3v) is 3.79. The number of hydrogen-bond acceptors (Lipinski definition) is 6. The topological polar surface area (TPSA) is 88.8 Å². The van der Waals surface area contributed by atoms with Gasteiger partial charge in [-0.15, -0.1) is 0 Å². The first kappa shape index (κ1) is 16.3. The van der Waals surface area contributed by atoms with Crippen LogP contribution < -0.4 is 5.32 Å². The molecule has 3 aromatic heterocycles. The molecule has 2 N–H and O–H groups in total. The Morgan fingerprint density at radius 2 is 2.04 bits per heavy atom. The van der Waals surface area contributed by atoms with Gasteiger partial charge in [0.05, 0.1) is 17.7 Å². The summed E-state index contributed by atoms with van der Waals surface area (Å²) in [5.74, 6) is 1.41. The van der Waals surface area contributed by atoms with Gasteiger partial charge in [0.1, 0.15) is 11.6 Å². The minimum atomic E-state index is -0.668. The summed E-state index contributed by atoms with van der Waals surface area (Å²) in [6.07, 6.45) is 4.41. The van der Waals surface area contributed by atoms with Gasteiger partial charge in [-0.1, -0.05) is 26.8 Å². The summed E-state index contributed by atoms with van der Waals surface area (Å²) in [5.41, 5.74) is 1.35. The Bertz CT molecular complexity index is 837. The molecule has 0 aliphatic heterocycles. The Balaban J connectivity index is 1.91. The summed E-state index contributed by atoms with van der Waals surface area (Å²) < 4.78 is 1.73. The number of pyridine rings is 1. The molecule has 0 spiro atoms. The summed E-state index contributed by atoms with van der Waals surface area (Å²) in [6, 6.07) is 3.65. The van der Waals surface area contributed by atoms with Crippen molar-refractivity contribution in [3.05, 3.63) is 42.1 Å². The second-order valence-electron chi connectivity index (χ2n) is 6.83. The van der Waals surface area contributed by atoms with Gasteiger partial charge in [0.2, 0.25) is 0 Å². The van der Waals surface area contributed by atoms with Gasteiger partial charge in [-0.3, -0.25) is 9.67 Å². The van der Waals surface area contributed by atoms with Crippen LogP contribution in [0.15, 0.2) is 30.7 Å². The van der Waals surface area contributed by atoms with Crippen molar-refractivity contribution in [2.45, 2.75) is 32.3 Å². The van der Waals surface area contributed by atoms with E-state index < -0.39 is 6.10 Å². The normalized spacial score (nSPS) is 13.2. The molecule has 0 amide bonds. The highest BCUT2D eigenvalue weighted by atomic mass is 16.3. The Kier molecular flexibility index (Phi) is 4.19. The average Bonchev–Trinajstić information content (AvgIpc) is 2.94. The second-order valence-corrected chi connectivity index (χ2v) is 6.83. The van der Waals surface area contributed by atoms with Gasteiger partial charge < -0.3 is 10.4 Å². The lowest BCUT2D eigenvalue weighted by Gasteiger charge is -2.19. The van der Waals surface area contributed by atoms with E-state index in [1.54, 1.807) is 29.3 Å². The fourth-order valence-corrected chi connectivity index (χ4v) is 2.38. The monoisotopic (exact) mass is 326 g/mol.